The van der Waals surface area contributed by atoms with Gasteiger partial charge in [-0.25, -0.2) is 14.3 Å². The van der Waals surface area contributed by atoms with Gasteiger partial charge < -0.3 is 0 Å². The van der Waals surface area contributed by atoms with Crippen molar-refractivity contribution in [3.8, 4) is 0 Å². The molecule has 0 aliphatic carbocycles. The zero-order valence-electron chi connectivity index (χ0n) is 13.3. The number of aromatic amines is 1. The zero-order valence-corrected chi connectivity index (χ0v) is 14.1. The van der Waals surface area contributed by atoms with E-state index >= 15 is 0 Å². The number of carbonyl (C=O) groups excluding carboxylic acids is 1. The van der Waals surface area contributed by atoms with E-state index in [9.17, 15) is 14.0 Å². The molecule has 0 fully saturated rings. The van der Waals surface area contributed by atoms with Crippen molar-refractivity contribution >= 4 is 17.5 Å². The normalized spacial score (nSPS) is 10.8. The molecule has 0 saturated heterocycles. The molecule has 0 unspecified atom stereocenters. The second-order valence-electron chi connectivity index (χ2n) is 5.39. The standard InChI is InChI=1S/C18H16FN3O2S/c19-15-9-5-4-8-14(15)16(23)12-25-18-21-20-17(24)22(18)11-10-13-6-2-1-3-7-13/h1-9H,10-12H2,(H,20,24). The number of nitrogens with zero attached hydrogens (tertiary/aromatic N) is 2. The van der Waals surface area contributed by atoms with Crippen LogP contribution < -0.4 is 5.69 Å². The van der Waals surface area contributed by atoms with Crippen LogP contribution in [0.15, 0.2) is 64.5 Å². The first-order valence-corrected chi connectivity index (χ1v) is 8.73. The summed E-state index contributed by atoms with van der Waals surface area (Å²) in [6.45, 7) is 0.454. The highest BCUT2D eigenvalue weighted by Crippen LogP contribution is 2.17. The molecule has 3 aromatic rings. The molecule has 0 radical (unpaired) electrons. The number of aryl methyl sites for hydroxylation is 1. The number of rotatable bonds is 7. The molecule has 128 valence electrons. The number of nitrogens with one attached hydrogen (secondary N) is 1. The van der Waals surface area contributed by atoms with Crippen LogP contribution in [0.4, 0.5) is 4.39 Å². The van der Waals surface area contributed by atoms with E-state index in [-0.39, 0.29) is 22.8 Å². The van der Waals surface area contributed by atoms with E-state index in [2.05, 4.69) is 10.2 Å². The van der Waals surface area contributed by atoms with Gasteiger partial charge >= 0.3 is 5.69 Å². The predicted molar refractivity (Wildman–Crippen MR) is 94.4 cm³/mol. The second-order valence-corrected chi connectivity index (χ2v) is 6.33. The highest BCUT2D eigenvalue weighted by atomic mass is 32.2. The SMILES string of the molecule is O=C(CSc1n[nH]c(=O)n1CCc1ccccc1)c1ccccc1F. The first-order valence-electron chi connectivity index (χ1n) is 7.75. The Balaban J connectivity index is 1.66. The van der Waals surface area contributed by atoms with Crippen molar-refractivity contribution in [3.63, 3.8) is 0 Å². The quantitative estimate of drug-likeness (QED) is 0.521. The number of aromatic nitrogens is 3. The Kier molecular flexibility index (Phi) is 5.45. The number of H-pyrrole nitrogens is 1. The molecule has 0 bridgehead atoms. The maximum atomic E-state index is 13.7. The summed E-state index contributed by atoms with van der Waals surface area (Å²) in [6, 6.07) is 15.6. The molecule has 1 aromatic heterocycles. The minimum absolute atomic E-state index is 0.0105. The number of carbonyl (C=O) groups is 1. The van der Waals surface area contributed by atoms with Crippen LogP contribution in [0.25, 0.3) is 0 Å². The fraction of sp³-hybridized carbons (Fsp3) is 0.167. The van der Waals surface area contributed by atoms with Crippen molar-refractivity contribution in [1.29, 1.82) is 0 Å². The lowest BCUT2D eigenvalue weighted by molar-refractivity contribution is 0.101. The van der Waals surface area contributed by atoms with Gasteiger partial charge in [0, 0.05) is 6.54 Å². The predicted octanol–water partition coefficient (Wildman–Crippen LogP) is 2.93. The molecule has 0 amide bonds. The van der Waals surface area contributed by atoms with Crippen LogP contribution in [0, 0.1) is 5.82 Å². The van der Waals surface area contributed by atoms with Crippen LogP contribution in [-0.2, 0) is 13.0 Å². The van der Waals surface area contributed by atoms with Gasteiger partial charge in [0.25, 0.3) is 0 Å². The van der Waals surface area contributed by atoms with Gasteiger partial charge in [-0.15, -0.1) is 5.10 Å². The number of hydrogen-bond acceptors (Lipinski definition) is 4. The molecule has 1 N–H and O–H groups in total. The van der Waals surface area contributed by atoms with Crippen LogP contribution in [-0.4, -0.2) is 26.3 Å². The molecule has 2 aromatic carbocycles. The first kappa shape index (κ1) is 17.2. The van der Waals surface area contributed by atoms with Gasteiger partial charge in [-0.2, -0.15) is 0 Å². The average Bonchev–Trinajstić information content (AvgIpc) is 2.99. The van der Waals surface area contributed by atoms with E-state index in [0.717, 1.165) is 17.3 Å². The van der Waals surface area contributed by atoms with Gasteiger partial charge in [0.2, 0.25) is 0 Å². The Morgan fingerprint density at radius 3 is 2.60 bits per heavy atom. The monoisotopic (exact) mass is 357 g/mol. The third-order valence-electron chi connectivity index (χ3n) is 3.70. The molecule has 0 saturated carbocycles. The van der Waals surface area contributed by atoms with Crippen LogP contribution in [0.3, 0.4) is 0 Å². The molecular weight excluding hydrogens is 341 g/mol. The lowest BCUT2D eigenvalue weighted by Crippen LogP contribution is -2.19. The van der Waals surface area contributed by atoms with Gasteiger partial charge in [-0.05, 0) is 24.1 Å². The van der Waals surface area contributed by atoms with Gasteiger partial charge in [-0.3, -0.25) is 9.36 Å². The van der Waals surface area contributed by atoms with Crippen LogP contribution in [0.1, 0.15) is 15.9 Å². The van der Waals surface area contributed by atoms with Crippen LogP contribution in [0.5, 0.6) is 0 Å². The molecule has 0 aliphatic rings. The summed E-state index contributed by atoms with van der Waals surface area (Å²) < 4.78 is 15.1. The molecular formula is C18H16FN3O2S. The van der Waals surface area contributed by atoms with Gasteiger partial charge in [-0.1, -0.05) is 54.2 Å². The summed E-state index contributed by atoms with van der Waals surface area (Å²) in [4.78, 5) is 24.1. The minimum atomic E-state index is -0.545. The summed E-state index contributed by atoms with van der Waals surface area (Å²) >= 11 is 1.12. The first-order chi connectivity index (χ1) is 12.1. The highest BCUT2D eigenvalue weighted by Gasteiger charge is 2.15. The largest absolute Gasteiger partial charge is 0.343 e. The topological polar surface area (TPSA) is 67.8 Å². The van der Waals surface area contributed by atoms with Crippen molar-refractivity contribution < 1.29 is 9.18 Å². The number of Topliss-reactive ketones (excluding diaryl/α,β-unsaturated/α-hetero) is 1. The third kappa shape index (κ3) is 4.24. The van der Waals surface area contributed by atoms with Crippen molar-refractivity contribution in [1.82, 2.24) is 14.8 Å². The number of benzene rings is 2. The lowest BCUT2D eigenvalue weighted by atomic mass is 10.1. The molecule has 5 nitrogen and oxygen atoms in total. The van der Waals surface area contributed by atoms with Crippen LogP contribution in [0.2, 0.25) is 0 Å². The van der Waals surface area contributed by atoms with Gasteiger partial charge in [0.05, 0.1) is 11.3 Å². The Morgan fingerprint density at radius 2 is 1.84 bits per heavy atom. The summed E-state index contributed by atoms with van der Waals surface area (Å²) in [6.07, 6.45) is 0.676. The zero-order chi connectivity index (χ0) is 17.6. The Labute approximate surface area is 147 Å². The van der Waals surface area contributed by atoms with E-state index in [1.165, 1.54) is 22.8 Å². The molecule has 25 heavy (non-hydrogen) atoms. The van der Waals surface area contributed by atoms with E-state index in [1.54, 1.807) is 6.07 Å². The van der Waals surface area contributed by atoms with Crippen molar-refractivity contribution in [2.45, 2.75) is 18.1 Å². The Bertz CT molecular complexity index is 921. The van der Waals surface area contributed by atoms with E-state index in [1.807, 2.05) is 30.3 Å². The fourth-order valence-corrected chi connectivity index (χ4v) is 3.25. The van der Waals surface area contributed by atoms with Crippen molar-refractivity contribution in [3.05, 3.63) is 82.0 Å². The maximum Gasteiger partial charge on any atom is 0.343 e. The van der Waals surface area contributed by atoms with E-state index in [4.69, 9.17) is 0 Å². The van der Waals surface area contributed by atoms with Crippen molar-refractivity contribution in [2.24, 2.45) is 0 Å². The highest BCUT2D eigenvalue weighted by molar-refractivity contribution is 7.99. The van der Waals surface area contributed by atoms with Crippen LogP contribution >= 0.6 is 11.8 Å². The Hall–Kier alpha value is -2.67. The molecule has 0 aliphatic heterocycles. The van der Waals surface area contributed by atoms with E-state index in [0.29, 0.717) is 18.1 Å². The smallest absolute Gasteiger partial charge is 0.293 e. The molecule has 0 spiro atoms. The molecule has 3 rings (SSSR count). The molecule has 0 atom stereocenters. The van der Waals surface area contributed by atoms with Gasteiger partial charge in [0.15, 0.2) is 10.9 Å². The number of halogens is 1. The number of hydrogen-bond donors (Lipinski definition) is 1. The third-order valence-corrected chi connectivity index (χ3v) is 4.67. The summed E-state index contributed by atoms with van der Waals surface area (Å²) in [5.41, 5.74) is 0.828. The molecule has 7 heteroatoms. The fourth-order valence-electron chi connectivity index (χ4n) is 2.39. The Morgan fingerprint density at radius 1 is 1.12 bits per heavy atom. The number of thioether (sulfide) groups is 1. The maximum absolute atomic E-state index is 13.7. The van der Waals surface area contributed by atoms with Gasteiger partial charge in [0.1, 0.15) is 5.82 Å². The van der Waals surface area contributed by atoms with Crippen molar-refractivity contribution in [2.75, 3.05) is 5.75 Å². The molecule has 1 heterocycles. The summed E-state index contributed by atoms with van der Waals surface area (Å²) in [5, 5.41) is 6.78. The second kappa shape index (κ2) is 7.94. The number of ketones is 1. The minimum Gasteiger partial charge on any atom is -0.293 e. The van der Waals surface area contributed by atoms with E-state index < -0.39 is 5.82 Å². The average molecular weight is 357 g/mol. The lowest BCUT2D eigenvalue weighted by Gasteiger charge is -2.06. The summed E-state index contributed by atoms with van der Waals surface area (Å²) in [7, 11) is 0. The summed E-state index contributed by atoms with van der Waals surface area (Å²) in [5.74, 6) is -0.874.